The van der Waals surface area contributed by atoms with E-state index in [1.54, 1.807) is 0 Å². The topological polar surface area (TPSA) is 82.6 Å². The van der Waals surface area contributed by atoms with Crippen LogP contribution in [0.15, 0.2) is 77.7 Å². The normalized spacial score (nSPS) is 18.6. The van der Waals surface area contributed by atoms with Crippen molar-refractivity contribution in [2.75, 3.05) is 32.4 Å². The van der Waals surface area contributed by atoms with Crippen LogP contribution in [0, 0.1) is 0 Å². The summed E-state index contributed by atoms with van der Waals surface area (Å²) in [4.78, 5) is 23.4. The van der Waals surface area contributed by atoms with Gasteiger partial charge in [0.05, 0.1) is 33.3 Å². The largest absolute Gasteiger partial charge is 0.416 e. The van der Waals surface area contributed by atoms with Crippen LogP contribution in [0.5, 0.6) is 0 Å². The lowest BCUT2D eigenvalue weighted by Gasteiger charge is -2.42. The van der Waals surface area contributed by atoms with Gasteiger partial charge in [0.15, 0.2) is 9.84 Å². The summed E-state index contributed by atoms with van der Waals surface area (Å²) >= 11 is 0. The number of nitrogens with one attached hydrogen (secondary N) is 1. The van der Waals surface area contributed by atoms with Crippen molar-refractivity contribution in [3.8, 4) is 11.3 Å². The fourth-order valence-electron chi connectivity index (χ4n) is 6.98. The Bertz CT molecular complexity index is 1970. The molecular formula is C37H39F5N4O3S. The quantitative estimate of drug-likeness (QED) is 0.190. The van der Waals surface area contributed by atoms with Crippen LogP contribution in [0.4, 0.5) is 22.0 Å². The molecule has 0 spiro atoms. The maximum atomic E-state index is 14.4. The molecule has 2 fully saturated rings. The predicted molar refractivity (Wildman–Crippen MR) is 182 cm³/mol. The Kier molecular flexibility index (Phi) is 10.0. The molecule has 50 heavy (non-hydrogen) atoms. The second-order valence-electron chi connectivity index (χ2n) is 13.3. The highest BCUT2D eigenvalue weighted by Crippen LogP contribution is 2.37. The van der Waals surface area contributed by atoms with Crippen molar-refractivity contribution < 1.29 is 35.2 Å². The fourth-order valence-corrected chi connectivity index (χ4v) is 7.63. The number of alkyl halides is 5. The number of piperidine rings is 2. The van der Waals surface area contributed by atoms with Crippen molar-refractivity contribution in [2.24, 2.45) is 0 Å². The second-order valence-corrected chi connectivity index (χ2v) is 15.4. The first kappa shape index (κ1) is 35.9. The Morgan fingerprint density at radius 1 is 0.960 bits per heavy atom. The van der Waals surface area contributed by atoms with E-state index < -0.39 is 39.4 Å². The van der Waals surface area contributed by atoms with Crippen molar-refractivity contribution >= 4 is 26.6 Å². The zero-order chi connectivity index (χ0) is 35.8. The lowest BCUT2D eigenvalue weighted by Crippen LogP contribution is -2.49. The zero-order valence-corrected chi connectivity index (χ0v) is 28.6. The predicted octanol–water partition coefficient (Wildman–Crippen LogP) is 7.51. The number of carbonyl (C=O) groups excluding carboxylic acids is 1. The molecule has 0 saturated carbocycles. The van der Waals surface area contributed by atoms with Crippen LogP contribution < -0.4 is 5.32 Å². The number of halogens is 5. The summed E-state index contributed by atoms with van der Waals surface area (Å²) in [5.74, 6) is -3.17. The number of hydrogen-bond acceptors (Lipinski definition) is 6. The van der Waals surface area contributed by atoms with Crippen molar-refractivity contribution in [3.05, 3.63) is 95.1 Å². The number of hydrogen-bond donors (Lipinski definition) is 1. The highest BCUT2D eigenvalue weighted by molar-refractivity contribution is 7.90. The molecule has 4 aromatic rings. The van der Waals surface area contributed by atoms with E-state index in [2.05, 4.69) is 15.1 Å². The number of nitrogens with zero attached hydrogens (tertiary/aromatic N) is 3. The molecule has 1 aromatic heterocycles. The van der Waals surface area contributed by atoms with E-state index in [1.807, 2.05) is 37.3 Å². The van der Waals surface area contributed by atoms with Crippen molar-refractivity contribution in [1.82, 2.24) is 20.1 Å². The van der Waals surface area contributed by atoms with Gasteiger partial charge in [-0.3, -0.25) is 14.6 Å². The second kappa shape index (κ2) is 14.0. The average molecular weight is 715 g/mol. The van der Waals surface area contributed by atoms with Crippen LogP contribution in [0.25, 0.3) is 22.2 Å². The Balaban J connectivity index is 1.45. The number of likely N-dealkylation sites (tertiary alicyclic amines) is 2. The van der Waals surface area contributed by atoms with Crippen LogP contribution in [-0.4, -0.2) is 73.5 Å². The third-order valence-electron chi connectivity index (χ3n) is 9.81. The van der Waals surface area contributed by atoms with E-state index in [4.69, 9.17) is 4.98 Å². The summed E-state index contributed by atoms with van der Waals surface area (Å²) in [6.07, 6.45) is -2.53. The molecule has 0 aliphatic carbocycles. The third kappa shape index (κ3) is 8.00. The number of pyridine rings is 1. The molecule has 0 unspecified atom stereocenters. The van der Waals surface area contributed by atoms with Gasteiger partial charge in [0, 0.05) is 61.3 Å². The number of carbonyl (C=O) groups is 1. The number of benzene rings is 3. The van der Waals surface area contributed by atoms with Gasteiger partial charge in [-0.05, 0) is 68.8 Å². The Hall–Kier alpha value is -3.94. The molecule has 2 aliphatic heterocycles. The maximum Gasteiger partial charge on any atom is 0.416 e. The van der Waals surface area contributed by atoms with E-state index in [-0.39, 0.29) is 58.0 Å². The monoisotopic (exact) mass is 714 g/mol. The molecule has 2 saturated heterocycles. The summed E-state index contributed by atoms with van der Waals surface area (Å²) in [5, 5.41) is 3.29. The van der Waals surface area contributed by atoms with E-state index in [1.165, 1.54) is 30.3 Å². The van der Waals surface area contributed by atoms with Crippen LogP contribution >= 0.6 is 0 Å². The van der Waals surface area contributed by atoms with Gasteiger partial charge in [-0.2, -0.15) is 13.2 Å². The van der Waals surface area contributed by atoms with E-state index in [0.717, 1.165) is 24.0 Å². The molecule has 6 rings (SSSR count). The minimum absolute atomic E-state index is 0.0253. The van der Waals surface area contributed by atoms with Gasteiger partial charge < -0.3 is 5.32 Å². The molecule has 3 heterocycles. The molecule has 0 bridgehead atoms. The Morgan fingerprint density at radius 2 is 1.64 bits per heavy atom. The number of fused-ring (bicyclic) bond motifs is 1. The lowest BCUT2D eigenvalue weighted by atomic mass is 9.93. The summed E-state index contributed by atoms with van der Waals surface area (Å²) in [5.41, 5.74) is 1.08. The summed E-state index contributed by atoms with van der Waals surface area (Å²) < 4.78 is 94.7. The minimum atomic E-state index is -4.62. The van der Waals surface area contributed by atoms with Crippen molar-refractivity contribution in [3.63, 3.8) is 0 Å². The molecule has 266 valence electrons. The van der Waals surface area contributed by atoms with Gasteiger partial charge in [-0.15, -0.1) is 0 Å². The number of aromatic nitrogens is 1. The van der Waals surface area contributed by atoms with Crippen LogP contribution in [0.2, 0.25) is 0 Å². The first-order valence-corrected chi connectivity index (χ1v) is 18.5. The summed E-state index contributed by atoms with van der Waals surface area (Å²) in [7, 11) is -3.70. The molecule has 7 nitrogen and oxygen atoms in total. The van der Waals surface area contributed by atoms with E-state index in [9.17, 15) is 35.2 Å². The van der Waals surface area contributed by atoms with Gasteiger partial charge in [-0.1, -0.05) is 42.5 Å². The van der Waals surface area contributed by atoms with Gasteiger partial charge in [0.1, 0.15) is 0 Å². The smallest absolute Gasteiger partial charge is 0.345 e. The number of sulfone groups is 1. The number of rotatable bonds is 8. The van der Waals surface area contributed by atoms with E-state index >= 15 is 0 Å². The van der Waals surface area contributed by atoms with Gasteiger partial charge in [0.25, 0.3) is 11.8 Å². The molecule has 1 atom stereocenters. The van der Waals surface area contributed by atoms with Crippen molar-refractivity contribution in [1.29, 1.82) is 0 Å². The molecule has 3 aromatic carbocycles. The minimum Gasteiger partial charge on any atom is -0.345 e. The van der Waals surface area contributed by atoms with Crippen LogP contribution in [-0.2, 0) is 22.6 Å². The SMILES string of the molecule is C[C@H](NC(=O)c1c(CN2CCC(N3CCC(F)(F)CC3)CC2)c(-c2cccc(C(F)(F)F)c2)nc2ccc(S(C)(=O)=O)cc12)c1ccccc1. The maximum absolute atomic E-state index is 14.4. The number of amides is 1. The molecule has 13 heteroatoms. The highest BCUT2D eigenvalue weighted by atomic mass is 32.2. The zero-order valence-electron chi connectivity index (χ0n) is 27.8. The van der Waals surface area contributed by atoms with Gasteiger partial charge in [-0.25, -0.2) is 22.2 Å². The van der Waals surface area contributed by atoms with Crippen LogP contribution in [0.1, 0.15) is 65.7 Å². The van der Waals surface area contributed by atoms with Crippen molar-refractivity contribution in [2.45, 2.75) is 68.2 Å². The van der Waals surface area contributed by atoms with E-state index in [0.29, 0.717) is 44.6 Å². The third-order valence-corrected chi connectivity index (χ3v) is 10.9. The molecular weight excluding hydrogens is 675 g/mol. The fraction of sp³-hybridized carbons (Fsp3) is 0.405. The first-order chi connectivity index (χ1) is 23.6. The Morgan fingerprint density at radius 3 is 2.28 bits per heavy atom. The standard InChI is InChI=1S/C37H39F5N4O3S/c1-24(25-7-4-3-5-8-25)43-35(47)33-30-22-29(50(2,48)49)11-12-32(30)44-34(26-9-6-10-27(21-26)37(40,41)42)31(33)23-45-17-13-28(14-18-45)46-19-15-36(38,39)16-20-46/h3-12,21-22,24,28H,13-20,23H2,1-2H3,(H,43,47)/t24-/m0/s1. The summed E-state index contributed by atoms with van der Waals surface area (Å²) in [6.45, 7) is 3.71. The van der Waals surface area contributed by atoms with Crippen LogP contribution in [0.3, 0.4) is 0 Å². The first-order valence-electron chi connectivity index (χ1n) is 16.6. The van der Waals surface area contributed by atoms with Gasteiger partial charge in [0.2, 0.25) is 0 Å². The molecule has 2 aliphatic rings. The average Bonchev–Trinajstić information content (AvgIpc) is 3.07. The van der Waals surface area contributed by atoms with Gasteiger partial charge >= 0.3 is 6.18 Å². The highest BCUT2D eigenvalue weighted by Gasteiger charge is 2.37. The Labute approximate surface area is 288 Å². The molecule has 1 N–H and O–H groups in total. The summed E-state index contributed by atoms with van der Waals surface area (Å²) in [6, 6.07) is 18.0. The molecule has 0 radical (unpaired) electrons. The molecule has 1 amide bonds. The lowest BCUT2D eigenvalue weighted by molar-refractivity contribution is -0.137.